The van der Waals surface area contributed by atoms with Crippen molar-refractivity contribution < 1.29 is 4.42 Å². The van der Waals surface area contributed by atoms with Crippen molar-refractivity contribution in [2.75, 3.05) is 5.32 Å². The van der Waals surface area contributed by atoms with E-state index in [9.17, 15) is 0 Å². The Labute approximate surface area is 111 Å². The number of halogens is 2. The van der Waals surface area contributed by atoms with Crippen molar-refractivity contribution in [3.63, 3.8) is 0 Å². The number of furan rings is 1. The summed E-state index contributed by atoms with van der Waals surface area (Å²) in [5.74, 6) is 0.878. The third-order valence-electron chi connectivity index (χ3n) is 2.58. The van der Waals surface area contributed by atoms with Crippen LogP contribution in [0.3, 0.4) is 0 Å². The zero-order chi connectivity index (χ0) is 12.3. The number of anilines is 1. The van der Waals surface area contributed by atoms with E-state index >= 15 is 0 Å². The Hall–Kier alpha value is -1.12. The van der Waals surface area contributed by atoms with Crippen molar-refractivity contribution in [1.82, 2.24) is 0 Å². The summed E-state index contributed by atoms with van der Waals surface area (Å²) in [6.45, 7) is 2.07. The highest BCUT2D eigenvalue weighted by atomic mass is 35.5. The zero-order valence-corrected chi connectivity index (χ0v) is 10.9. The van der Waals surface area contributed by atoms with Gasteiger partial charge in [0.05, 0.1) is 28.0 Å². The van der Waals surface area contributed by atoms with Gasteiger partial charge in [-0.1, -0.05) is 36.2 Å². The van der Waals surface area contributed by atoms with Crippen LogP contribution in [-0.4, -0.2) is 0 Å². The molecule has 1 aromatic heterocycles. The molecule has 1 N–H and O–H groups in total. The van der Waals surface area contributed by atoms with E-state index in [2.05, 4.69) is 12.2 Å². The fraction of sp³-hybridized carbons (Fsp3) is 0.231. The summed E-state index contributed by atoms with van der Waals surface area (Å²) in [6.07, 6.45) is 2.54. The molecule has 2 nitrogen and oxygen atoms in total. The number of hydrogen-bond donors (Lipinski definition) is 1. The fourth-order valence-corrected chi connectivity index (χ4v) is 2.18. The second kappa shape index (κ2) is 5.48. The Bertz CT molecular complexity index is 462. The van der Waals surface area contributed by atoms with Crippen molar-refractivity contribution in [2.24, 2.45) is 0 Å². The lowest BCUT2D eigenvalue weighted by Crippen LogP contribution is -2.09. The average molecular weight is 270 g/mol. The molecule has 2 aromatic rings. The SMILES string of the molecule is CCC(Nc1c(Cl)cccc1Cl)c1ccco1. The summed E-state index contributed by atoms with van der Waals surface area (Å²) in [5, 5.41) is 4.54. The molecule has 90 valence electrons. The highest BCUT2D eigenvalue weighted by Crippen LogP contribution is 2.33. The molecule has 4 heteroatoms. The monoisotopic (exact) mass is 269 g/mol. The van der Waals surface area contributed by atoms with E-state index < -0.39 is 0 Å². The van der Waals surface area contributed by atoms with Gasteiger partial charge in [-0.15, -0.1) is 0 Å². The van der Waals surface area contributed by atoms with E-state index in [1.54, 1.807) is 6.26 Å². The fourth-order valence-electron chi connectivity index (χ4n) is 1.67. The summed E-state index contributed by atoms with van der Waals surface area (Å²) in [4.78, 5) is 0. The molecule has 0 amide bonds. The molecule has 1 aromatic carbocycles. The minimum absolute atomic E-state index is 0.0717. The van der Waals surface area contributed by atoms with Gasteiger partial charge in [-0.3, -0.25) is 0 Å². The molecule has 17 heavy (non-hydrogen) atoms. The molecule has 0 saturated heterocycles. The normalized spacial score (nSPS) is 12.4. The van der Waals surface area contributed by atoms with Crippen LogP contribution in [0.1, 0.15) is 25.1 Å². The third kappa shape index (κ3) is 2.76. The Morgan fingerprint density at radius 2 is 1.88 bits per heavy atom. The molecule has 0 bridgehead atoms. The van der Waals surface area contributed by atoms with Crippen LogP contribution in [0.5, 0.6) is 0 Å². The topological polar surface area (TPSA) is 25.2 Å². The van der Waals surface area contributed by atoms with Gasteiger partial charge in [-0.25, -0.2) is 0 Å². The van der Waals surface area contributed by atoms with Crippen LogP contribution in [0, 0.1) is 0 Å². The predicted octanol–water partition coefficient (Wildman–Crippen LogP) is 5.15. The van der Waals surface area contributed by atoms with Crippen LogP contribution in [0.15, 0.2) is 41.0 Å². The molecule has 2 rings (SSSR count). The molecular formula is C13H13Cl2NO. The summed E-state index contributed by atoms with van der Waals surface area (Å²) in [6, 6.07) is 9.32. The second-order valence-electron chi connectivity index (χ2n) is 3.72. The molecule has 0 aliphatic rings. The maximum Gasteiger partial charge on any atom is 0.125 e. The summed E-state index contributed by atoms with van der Waals surface area (Å²) >= 11 is 12.2. The molecule has 0 aliphatic carbocycles. The minimum Gasteiger partial charge on any atom is -0.467 e. The molecule has 0 aliphatic heterocycles. The van der Waals surface area contributed by atoms with Gasteiger partial charge in [-0.05, 0) is 30.7 Å². The average Bonchev–Trinajstić information content (AvgIpc) is 2.82. The molecule has 1 unspecified atom stereocenters. The standard InChI is InChI=1S/C13H13Cl2NO/c1-2-11(12-7-4-8-17-12)16-13-9(14)5-3-6-10(13)15/h3-8,11,16H,2H2,1H3. The number of rotatable bonds is 4. The van der Waals surface area contributed by atoms with Crippen molar-refractivity contribution in [1.29, 1.82) is 0 Å². The van der Waals surface area contributed by atoms with Crippen LogP contribution in [-0.2, 0) is 0 Å². The smallest absolute Gasteiger partial charge is 0.125 e. The third-order valence-corrected chi connectivity index (χ3v) is 3.21. The Morgan fingerprint density at radius 3 is 2.41 bits per heavy atom. The van der Waals surface area contributed by atoms with Crippen LogP contribution in [0.2, 0.25) is 10.0 Å². The first kappa shape index (κ1) is 12.3. The maximum absolute atomic E-state index is 6.11. The van der Waals surface area contributed by atoms with Crippen molar-refractivity contribution in [2.45, 2.75) is 19.4 Å². The quantitative estimate of drug-likeness (QED) is 0.831. The van der Waals surface area contributed by atoms with Gasteiger partial charge in [0.15, 0.2) is 0 Å². The van der Waals surface area contributed by atoms with E-state index in [4.69, 9.17) is 27.6 Å². The number of hydrogen-bond acceptors (Lipinski definition) is 2. The number of nitrogens with one attached hydrogen (secondary N) is 1. The zero-order valence-electron chi connectivity index (χ0n) is 9.41. The molecular weight excluding hydrogens is 257 g/mol. The molecule has 0 saturated carbocycles. The second-order valence-corrected chi connectivity index (χ2v) is 4.53. The van der Waals surface area contributed by atoms with E-state index in [1.807, 2.05) is 30.3 Å². The first-order valence-corrected chi connectivity index (χ1v) is 6.22. The predicted molar refractivity (Wildman–Crippen MR) is 71.8 cm³/mol. The lowest BCUT2D eigenvalue weighted by molar-refractivity contribution is 0.474. The Kier molecular flexibility index (Phi) is 3.97. The molecule has 1 heterocycles. The summed E-state index contributed by atoms with van der Waals surface area (Å²) in [5.41, 5.74) is 0.749. The van der Waals surface area contributed by atoms with Gasteiger partial charge in [0, 0.05) is 0 Å². The molecule has 1 atom stereocenters. The molecule has 0 spiro atoms. The Balaban J connectivity index is 2.25. The van der Waals surface area contributed by atoms with Gasteiger partial charge in [0.2, 0.25) is 0 Å². The van der Waals surface area contributed by atoms with Gasteiger partial charge in [0.1, 0.15) is 5.76 Å². The van der Waals surface area contributed by atoms with Crippen LogP contribution in [0.25, 0.3) is 0 Å². The Morgan fingerprint density at radius 1 is 1.18 bits per heavy atom. The van der Waals surface area contributed by atoms with Gasteiger partial charge in [-0.2, -0.15) is 0 Å². The van der Waals surface area contributed by atoms with Crippen LogP contribution in [0.4, 0.5) is 5.69 Å². The lowest BCUT2D eigenvalue weighted by Gasteiger charge is -2.18. The van der Waals surface area contributed by atoms with E-state index in [0.29, 0.717) is 10.0 Å². The summed E-state index contributed by atoms with van der Waals surface area (Å²) < 4.78 is 5.39. The first-order chi connectivity index (χ1) is 8.22. The van der Waals surface area contributed by atoms with Gasteiger partial charge in [0.25, 0.3) is 0 Å². The maximum atomic E-state index is 6.11. The largest absolute Gasteiger partial charge is 0.467 e. The number of para-hydroxylation sites is 1. The van der Waals surface area contributed by atoms with E-state index in [1.165, 1.54) is 0 Å². The number of benzene rings is 1. The lowest BCUT2D eigenvalue weighted by atomic mass is 10.1. The summed E-state index contributed by atoms with van der Waals surface area (Å²) in [7, 11) is 0. The minimum atomic E-state index is 0.0717. The van der Waals surface area contributed by atoms with Crippen LogP contribution >= 0.6 is 23.2 Å². The highest BCUT2D eigenvalue weighted by Gasteiger charge is 2.15. The van der Waals surface area contributed by atoms with E-state index in [-0.39, 0.29) is 6.04 Å². The van der Waals surface area contributed by atoms with E-state index in [0.717, 1.165) is 17.9 Å². The molecule has 0 fully saturated rings. The van der Waals surface area contributed by atoms with Crippen molar-refractivity contribution in [3.05, 3.63) is 52.4 Å². The first-order valence-electron chi connectivity index (χ1n) is 5.46. The van der Waals surface area contributed by atoms with Crippen molar-refractivity contribution in [3.8, 4) is 0 Å². The van der Waals surface area contributed by atoms with Gasteiger partial charge >= 0.3 is 0 Å². The highest BCUT2D eigenvalue weighted by molar-refractivity contribution is 6.39. The van der Waals surface area contributed by atoms with Crippen LogP contribution < -0.4 is 5.32 Å². The van der Waals surface area contributed by atoms with Crippen molar-refractivity contribution >= 4 is 28.9 Å². The van der Waals surface area contributed by atoms with Gasteiger partial charge < -0.3 is 9.73 Å². The molecule has 0 radical (unpaired) electrons.